The lowest BCUT2D eigenvalue weighted by atomic mass is 10.3. The first kappa shape index (κ1) is 11.0. The highest BCUT2D eigenvalue weighted by molar-refractivity contribution is 5.76. The molecule has 0 saturated carbocycles. The highest BCUT2D eigenvalue weighted by Crippen LogP contribution is 1.91. The van der Waals surface area contributed by atoms with Gasteiger partial charge in [0, 0.05) is 12.5 Å². The van der Waals surface area contributed by atoms with Gasteiger partial charge in [0.15, 0.2) is 0 Å². The molecule has 12 heavy (non-hydrogen) atoms. The quantitative estimate of drug-likeness (QED) is 0.485. The number of carbonyl (C=O) groups is 1. The summed E-state index contributed by atoms with van der Waals surface area (Å²) in [6.45, 7) is 7.85. The number of nitrogens with one attached hydrogen (secondary N) is 1. The Morgan fingerprint density at radius 2 is 2.33 bits per heavy atom. The maximum atomic E-state index is 11.0. The van der Waals surface area contributed by atoms with Crippen LogP contribution in [-0.4, -0.2) is 18.6 Å². The second-order valence-electron chi connectivity index (χ2n) is 2.86. The molecule has 0 bridgehead atoms. The van der Waals surface area contributed by atoms with Crippen molar-refractivity contribution >= 4 is 5.91 Å². The van der Waals surface area contributed by atoms with Gasteiger partial charge in [-0.15, -0.1) is 0 Å². The van der Waals surface area contributed by atoms with Crippen molar-refractivity contribution in [2.24, 2.45) is 0 Å². The van der Waals surface area contributed by atoms with E-state index >= 15 is 0 Å². The van der Waals surface area contributed by atoms with E-state index in [-0.39, 0.29) is 11.9 Å². The molecule has 0 atom stereocenters. The van der Waals surface area contributed by atoms with Crippen LogP contribution in [0.25, 0.3) is 0 Å². The maximum absolute atomic E-state index is 11.0. The Bertz CT molecular complexity index is 143. The second kappa shape index (κ2) is 6.70. The smallest absolute Gasteiger partial charge is 0.220 e. The zero-order chi connectivity index (χ0) is 9.40. The summed E-state index contributed by atoms with van der Waals surface area (Å²) in [7, 11) is 0. The second-order valence-corrected chi connectivity index (χ2v) is 2.86. The van der Waals surface area contributed by atoms with E-state index in [1.54, 1.807) is 0 Å². The summed E-state index contributed by atoms with van der Waals surface area (Å²) in [5, 5.41) is 2.80. The Kier molecular flexibility index (Phi) is 6.15. The van der Waals surface area contributed by atoms with Crippen LogP contribution in [0.1, 0.15) is 26.7 Å². The molecule has 0 unspecified atom stereocenters. The zero-order valence-corrected chi connectivity index (χ0v) is 7.80. The number of ether oxygens (including phenoxy) is 1. The fourth-order valence-electron chi connectivity index (χ4n) is 0.794. The van der Waals surface area contributed by atoms with Crippen molar-refractivity contribution in [1.29, 1.82) is 0 Å². The Morgan fingerprint density at radius 1 is 1.67 bits per heavy atom. The minimum atomic E-state index is 0.0812. The SMILES string of the molecule is C=COCCCC(=O)NC(C)C. The lowest BCUT2D eigenvalue weighted by Gasteiger charge is -2.07. The summed E-state index contributed by atoms with van der Waals surface area (Å²) in [6, 6.07) is 0.220. The molecule has 0 aliphatic heterocycles. The van der Waals surface area contributed by atoms with Crippen molar-refractivity contribution in [3.8, 4) is 0 Å². The first-order chi connectivity index (χ1) is 5.66. The van der Waals surface area contributed by atoms with Crippen LogP contribution in [0.15, 0.2) is 12.8 Å². The van der Waals surface area contributed by atoms with Crippen LogP contribution in [0.2, 0.25) is 0 Å². The van der Waals surface area contributed by atoms with Gasteiger partial charge in [-0.1, -0.05) is 6.58 Å². The molecule has 0 aliphatic carbocycles. The molecule has 0 radical (unpaired) electrons. The van der Waals surface area contributed by atoms with E-state index in [1.807, 2.05) is 13.8 Å². The topological polar surface area (TPSA) is 38.3 Å². The minimum absolute atomic E-state index is 0.0812. The molecule has 0 aliphatic rings. The van der Waals surface area contributed by atoms with Crippen molar-refractivity contribution in [1.82, 2.24) is 5.32 Å². The lowest BCUT2D eigenvalue weighted by molar-refractivity contribution is -0.121. The number of rotatable bonds is 6. The monoisotopic (exact) mass is 171 g/mol. The molecule has 3 nitrogen and oxygen atoms in total. The zero-order valence-electron chi connectivity index (χ0n) is 7.80. The molecule has 0 saturated heterocycles. The van der Waals surface area contributed by atoms with Crippen molar-refractivity contribution in [2.75, 3.05) is 6.61 Å². The normalized spacial score (nSPS) is 9.58. The molecule has 0 spiro atoms. The first-order valence-electron chi connectivity index (χ1n) is 4.18. The average Bonchev–Trinajstić information content (AvgIpc) is 1.97. The summed E-state index contributed by atoms with van der Waals surface area (Å²) in [5.41, 5.74) is 0. The molecule has 70 valence electrons. The highest BCUT2D eigenvalue weighted by Gasteiger charge is 2.01. The highest BCUT2D eigenvalue weighted by atomic mass is 16.5. The molecule has 0 rings (SSSR count). The van der Waals surface area contributed by atoms with Crippen LogP contribution in [-0.2, 0) is 9.53 Å². The molecule has 1 amide bonds. The standard InChI is InChI=1S/C9H17NO2/c1-4-12-7-5-6-9(11)10-8(2)3/h4,8H,1,5-7H2,2-3H3,(H,10,11). The van der Waals surface area contributed by atoms with Gasteiger partial charge in [0.1, 0.15) is 0 Å². The number of hydrogen-bond donors (Lipinski definition) is 1. The molecular weight excluding hydrogens is 154 g/mol. The van der Waals surface area contributed by atoms with E-state index in [1.165, 1.54) is 6.26 Å². The van der Waals surface area contributed by atoms with Gasteiger partial charge in [-0.05, 0) is 20.3 Å². The van der Waals surface area contributed by atoms with Crippen LogP contribution in [0.5, 0.6) is 0 Å². The van der Waals surface area contributed by atoms with E-state index in [9.17, 15) is 4.79 Å². The van der Waals surface area contributed by atoms with E-state index in [0.29, 0.717) is 13.0 Å². The van der Waals surface area contributed by atoms with Gasteiger partial charge in [0.05, 0.1) is 12.9 Å². The van der Waals surface area contributed by atoms with Gasteiger partial charge in [-0.25, -0.2) is 0 Å². The average molecular weight is 171 g/mol. The molecule has 0 aromatic carbocycles. The maximum Gasteiger partial charge on any atom is 0.220 e. The van der Waals surface area contributed by atoms with Crippen LogP contribution in [0.3, 0.4) is 0 Å². The number of hydrogen-bond acceptors (Lipinski definition) is 2. The Balaban J connectivity index is 3.25. The van der Waals surface area contributed by atoms with E-state index in [2.05, 4.69) is 11.9 Å². The van der Waals surface area contributed by atoms with Crippen molar-refractivity contribution < 1.29 is 9.53 Å². The summed E-state index contributed by atoms with van der Waals surface area (Å²) in [4.78, 5) is 11.0. The fraction of sp³-hybridized carbons (Fsp3) is 0.667. The molecule has 1 N–H and O–H groups in total. The number of amides is 1. The predicted molar refractivity (Wildman–Crippen MR) is 48.7 cm³/mol. The van der Waals surface area contributed by atoms with Crippen molar-refractivity contribution in [2.45, 2.75) is 32.7 Å². The Hall–Kier alpha value is -0.990. The van der Waals surface area contributed by atoms with Gasteiger partial charge in [-0.3, -0.25) is 4.79 Å². The largest absolute Gasteiger partial charge is 0.502 e. The molecule has 0 aromatic heterocycles. The summed E-state index contributed by atoms with van der Waals surface area (Å²) >= 11 is 0. The van der Waals surface area contributed by atoms with Crippen LogP contribution in [0.4, 0.5) is 0 Å². The molecule has 0 fully saturated rings. The van der Waals surface area contributed by atoms with Crippen LogP contribution in [0, 0.1) is 0 Å². The molecule has 0 heterocycles. The summed E-state index contributed by atoms with van der Waals surface area (Å²) in [6.07, 6.45) is 2.65. The number of carbonyl (C=O) groups excluding carboxylic acids is 1. The Labute approximate surface area is 73.8 Å². The van der Waals surface area contributed by atoms with E-state index in [4.69, 9.17) is 4.74 Å². The predicted octanol–water partition coefficient (Wildman–Crippen LogP) is 1.45. The Morgan fingerprint density at radius 3 is 2.83 bits per heavy atom. The molecule has 0 aromatic rings. The molecule has 3 heteroatoms. The fourth-order valence-corrected chi connectivity index (χ4v) is 0.794. The van der Waals surface area contributed by atoms with Gasteiger partial charge in [0.2, 0.25) is 5.91 Å². The van der Waals surface area contributed by atoms with Gasteiger partial charge >= 0.3 is 0 Å². The van der Waals surface area contributed by atoms with Gasteiger partial charge < -0.3 is 10.1 Å². The van der Waals surface area contributed by atoms with Gasteiger partial charge in [0.25, 0.3) is 0 Å². The van der Waals surface area contributed by atoms with E-state index < -0.39 is 0 Å². The van der Waals surface area contributed by atoms with Gasteiger partial charge in [-0.2, -0.15) is 0 Å². The summed E-state index contributed by atoms with van der Waals surface area (Å²) < 4.78 is 4.87. The first-order valence-corrected chi connectivity index (χ1v) is 4.18. The van der Waals surface area contributed by atoms with Crippen LogP contribution < -0.4 is 5.32 Å². The molecular formula is C9H17NO2. The van der Waals surface area contributed by atoms with Crippen molar-refractivity contribution in [3.05, 3.63) is 12.8 Å². The van der Waals surface area contributed by atoms with Crippen LogP contribution >= 0.6 is 0 Å². The van der Waals surface area contributed by atoms with E-state index in [0.717, 1.165) is 6.42 Å². The third-order valence-electron chi connectivity index (χ3n) is 1.23. The minimum Gasteiger partial charge on any atom is -0.502 e. The third-order valence-corrected chi connectivity index (χ3v) is 1.23. The summed E-state index contributed by atoms with van der Waals surface area (Å²) in [5.74, 6) is 0.0812. The van der Waals surface area contributed by atoms with Crippen molar-refractivity contribution in [3.63, 3.8) is 0 Å². The lowest BCUT2D eigenvalue weighted by Crippen LogP contribution is -2.29. The third kappa shape index (κ3) is 7.12.